The number of hydrogen-bond acceptors (Lipinski definition) is 4. The molecule has 2 aromatic rings. The van der Waals surface area contributed by atoms with Crippen LogP contribution in [0.25, 0.3) is 10.6 Å². The van der Waals surface area contributed by atoms with E-state index in [2.05, 4.69) is 22.5 Å². The molecular weight excluding hydrogens is 356 g/mol. The second-order valence-corrected chi connectivity index (χ2v) is 6.54. The Kier molecular flexibility index (Phi) is 6.26. The Hall–Kier alpha value is -1.57. The van der Waals surface area contributed by atoms with Gasteiger partial charge < -0.3 is 10.6 Å². The first-order valence-corrected chi connectivity index (χ1v) is 8.36. The molecule has 1 aromatic carbocycles. The molecule has 1 aliphatic rings. The van der Waals surface area contributed by atoms with Crippen molar-refractivity contribution in [2.24, 2.45) is 0 Å². The van der Waals surface area contributed by atoms with Crippen LogP contribution in [0.3, 0.4) is 0 Å². The fourth-order valence-corrected chi connectivity index (χ4v) is 3.56. The van der Waals surface area contributed by atoms with Gasteiger partial charge in [-0.25, -0.2) is 13.8 Å². The monoisotopic (exact) mass is 373 g/mol. The van der Waals surface area contributed by atoms with E-state index in [0.29, 0.717) is 6.04 Å². The summed E-state index contributed by atoms with van der Waals surface area (Å²) in [4.78, 5) is 16.4. The first-order valence-electron chi connectivity index (χ1n) is 7.48. The minimum atomic E-state index is -0.682. The predicted octanol–water partition coefficient (Wildman–Crippen LogP) is 3.38. The second-order valence-electron chi connectivity index (χ2n) is 5.68. The number of carbonyl (C=O) groups is 1. The lowest BCUT2D eigenvalue weighted by Crippen LogP contribution is -2.46. The molecule has 0 spiro atoms. The third kappa shape index (κ3) is 4.09. The van der Waals surface area contributed by atoms with Gasteiger partial charge in [-0.3, -0.25) is 4.79 Å². The minimum absolute atomic E-state index is 0. The number of nitrogens with zero attached hydrogens (tertiary/aromatic N) is 1. The molecule has 3 rings (SSSR count). The zero-order chi connectivity index (χ0) is 16.4. The lowest BCUT2D eigenvalue weighted by Gasteiger charge is -2.28. The molecule has 0 bridgehead atoms. The van der Waals surface area contributed by atoms with Gasteiger partial charge >= 0.3 is 0 Å². The highest BCUT2D eigenvalue weighted by molar-refractivity contribution is 7.13. The number of hydrogen-bond donors (Lipinski definition) is 2. The van der Waals surface area contributed by atoms with E-state index in [1.165, 1.54) is 23.6 Å². The summed E-state index contributed by atoms with van der Waals surface area (Å²) in [7, 11) is 0. The maximum atomic E-state index is 13.8. The van der Waals surface area contributed by atoms with Crippen molar-refractivity contribution in [2.75, 3.05) is 6.54 Å². The summed E-state index contributed by atoms with van der Waals surface area (Å²) >= 11 is 1.06. The normalized spacial score (nSPS) is 20.3. The lowest BCUT2D eigenvalue weighted by atomic mass is 10.0. The highest BCUT2D eigenvalue weighted by Gasteiger charge is 2.22. The average molecular weight is 374 g/mol. The fraction of sp³-hybridized carbons (Fsp3) is 0.375. The predicted molar refractivity (Wildman–Crippen MR) is 92.7 cm³/mol. The van der Waals surface area contributed by atoms with Crippen molar-refractivity contribution < 1.29 is 13.6 Å². The van der Waals surface area contributed by atoms with E-state index in [9.17, 15) is 13.6 Å². The summed E-state index contributed by atoms with van der Waals surface area (Å²) < 4.78 is 27.6. The molecule has 2 unspecified atom stereocenters. The van der Waals surface area contributed by atoms with Crippen LogP contribution < -0.4 is 10.6 Å². The zero-order valence-corrected chi connectivity index (χ0v) is 14.6. The first-order chi connectivity index (χ1) is 11.0. The van der Waals surface area contributed by atoms with Gasteiger partial charge in [0.15, 0.2) is 0 Å². The van der Waals surface area contributed by atoms with Gasteiger partial charge in [0, 0.05) is 17.5 Å². The molecular formula is C16H18ClF2N3OS. The molecule has 2 atom stereocenters. The third-order valence-corrected chi connectivity index (χ3v) is 4.73. The van der Waals surface area contributed by atoms with Gasteiger partial charge in [-0.15, -0.1) is 23.7 Å². The van der Waals surface area contributed by atoms with Gasteiger partial charge in [0.05, 0.1) is 5.56 Å². The Morgan fingerprint density at radius 1 is 1.38 bits per heavy atom. The minimum Gasteiger partial charge on any atom is -0.348 e. The highest BCUT2D eigenvalue weighted by Crippen LogP contribution is 2.28. The molecule has 1 fully saturated rings. The van der Waals surface area contributed by atoms with Crippen LogP contribution in [-0.2, 0) is 0 Å². The van der Waals surface area contributed by atoms with Crippen molar-refractivity contribution in [3.63, 3.8) is 0 Å². The topological polar surface area (TPSA) is 54.0 Å². The second kappa shape index (κ2) is 8.00. The molecule has 1 aromatic heterocycles. The Labute approximate surface area is 149 Å². The number of thiazole rings is 1. The largest absolute Gasteiger partial charge is 0.348 e. The third-order valence-electron chi connectivity index (χ3n) is 3.87. The van der Waals surface area contributed by atoms with Gasteiger partial charge in [-0.1, -0.05) is 6.07 Å². The quantitative estimate of drug-likeness (QED) is 0.867. The summed E-state index contributed by atoms with van der Waals surface area (Å²) in [6, 6.07) is 4.10. The van der Waals surface area contributed by atoms with E-state index in [0.717, 1.165) is 30.7 Å². The summed E-state index contributed by atoms with van der Waals surface area (Å²) in [5.74, 6) is -1.67. The number of aromatic nitrogens is 1. The van der Waals surface area contributed by atoms with Crippen molar-refractivity contribution in [3.05, 3.63) is 40.9 Å². The van der Waals surface area contributed by atoms with Crippen molar-refractivity contribution in [2.45, 2.75) is 31.8 Å². The standard InChI is InChI=1S/C16H17F2N3OS.ClH/c1-9-7-10(5-6-19-9)20-15(22)13-8-23-16(21-13)14-11(17)3-2-4-12(14)18;/h2-4,8-10,19H,5-7H2,1H3,(H,20,22);1H. The number of piperidine rings is 1. The molecule has 24 heavy (non-hydrogen) atoms. The number of amides is 1. The van der Waals surface area contributed by atoms with Gasteiger partial charge in [0.1, 0.15) is 22.3 Å². The van der Waals surface area contributed by atoms with E-state index in [4.69, 9.17) is 0 Å². The molecule has 130 valence electrons. The molecule has 0 radical (unpaired) electrons. The summed E-state index contributed by atoms with van der Waals surface area (Å²) in [5.41, 5.74) is 0.00544. The number of carbonyl (C=O) groups excluding carboxylic acids is 1. The molecule has 4 nitrogen and oxygen atoms in total. The SMILES string of the molecule is CC1CC(NC(=O)c2csc(-c3c(F)cccc3F)n2)CCN1.Cl. The van der Waals surface area contributed by atoms with E-state index >= 15 is 0 Å². The van der Waals surface area contributed by atoms with Crippen LogP contribution in [0.5, 0.6) is 0 Å². The van der Waals surface area contributed by atoms with Gasteiger partial charge in [0.25, 0.3) is 5.91 Å². The van der Waals surface area contributed by atoms with Crippen LogP contribution in [0.2, 0.25) is 0 Å². The Balaban J connectivity index is 0.00000208. The smallest absolute Gasteiger partial charge is 0.270 e. The average Bonchev–Trinajstić information content (AvgIpc) is 2.97. The molecule has 1 saturated heterocycles. The van der Waals surface area contributed by atoms with Crippen LogP contribution >= 0.6 is 23.7 Å². The lowest BCUT2D eigenvalue weighted by molar-refractivity contribution is 0.0921. The van der Waals surface area contributed by atoms with Crippen LogP contribution in [0.1, 0.15) is 30.3 Å². The zero-order valence-electron chi connectivity index (χ0n) is 13.0. The number of benzene rings is 1. The van der Waals surface area contributed by atoms with Gasteiger partial charge in [-0.2, -0.15) is 0 Å². The summed E-state index contributed by atoms with van der Waals surface area (Å²) in [6.07, 6.45) is 1.71. The van der Waals surface area contributed by atoms with Crippen molar-refractivity contribution >= 4 is 29.7 Å². The van der Waals surface area contributed by atoms with Gasteiger partial charge in [-0.05, 0) is 38.4 Å². The number of halogens is 3. The van der Waals surface area contributed by atoms with Crippen molar-refractivity contribution in [1.82, 2.24) is 15.6 Å². The highest BCUT2D eigenvalue weighted by atomic mass is 35.5. The van der Waals surface area contributed by atoms with Crippen LogP contribution in [0.4, 0.5) is 8.78 Å². The Bertz CT molecular complexity index is 705. The maximum absolute atomic E-state index is 13.8. The van der Waals surface area contributed by atoms with E-state index in [1.54, 1.807) is 0 Å². The Morgan fingerprint density at radius 3 is 2.75 bits per heavy atom. The molecule has 1 amide bonds. The fourth-order valence-electron chi connectivity index (χ4n) is 2.72. The Morgan fingerprint density at radius 2 is 2.08 bits per heavy atom. The van der Waals surface area contributed by atoms with E-state index in [1.807, 2.05) is 0 Å². The van der Waals surface area contributed by atoms with Crippen molar-refractivity contribution in [3.8, 4) is 10.6 Å². The molecule has 8 heteroatoms. The van der Waals surface area contributed by atoms with Crippen LogP contribution in [-0.4, -0.2) is 29.5 Å². The van der Waals surface area contributed by atoms with E-state index in [-0.39, 0.29) is 40.6 Å². The summed E-state index contributed by atoms with van der Waals surface area (Å²) in [6.45, 7) is 2.93. The van der Waals surface area contributed by atoms with Crippen LogP contribution in [0.15, 0.2) is 23.6 Å². The molecule has 0 aliphatic carbocycles. The van der Waals surface area contributed by atoms with Crippen LogP contribution in [0, 0.1) is 11.6 Å². The number of nitrogens with one attached hydrogen (secondary N) is 2. The first kappa shape index (κ1) is 18.8. The summed E-state index contributed by atoms with van der Waals surface area (Å²) in [5, 5.41) is 7.95. The maximum Gasteiger partial charge on any atom is 0.270 e. The van der Waals surface area contributed by atoms with Gasteiger partial charge in [0.2, 0.25) is 0 Å². The van der Waals surface area contributed by atoms with Crippen molar-refractivity contribution in [1.29, 1.82) is 0 Å². The molecule has 2 N–H and O–H groups in total. The molecule has 1 aliphatic heterocycles. The molecule has 0 saturated carbocycles. The molecule has 2 heterocycles. The number of rotatable bonds is 3. The van der Waals surface area contributed by atoms with E-state index < -0.39 is 11.6 Å².